The second-order valence-corrected chi connectivity index (χ2v) is 6.09. The van der Waals surface area contributed by atoms with Gasteiger partial charge in [0.1, 0.15) is 0 Å². The molecule has 0 amide bonds. The van der Waals surface area contributed by atoms with Crippen LogP contribution in [0.3, 0.4) is 0 Å². The predicted octanol–water partition coefficient (Wildman–Crippen LogP) is -0.699. The molecular weight excluding hydrogens is 214 g/mol. The maximum Gasteiger partial charge on any atom is 0.215 e. The van der Waals surface area contributed by atoms with E-state index in [-0.39, 0.29) is 12.3 Å². The van der Waals surface area contributed by atoms with Crippen LogP contribution in [0.4, 0.5) is 0 Å². The van der Waals surface area contributed by atoms with Gasteiger partial charge in [0.25, 0.3) is 0 Å². The highest BCUT2D eigenvalue weighted by atomic mass is 32.2. The predicted molar refractivity (Wildman–Crippen MR) is 61.1 cm³/mol. The van der Waals surface area contributed by atoms with Crippen LogP contribution >= 0.6 is 0 Å². The highest BCUT2D eigenvalue weighted by Crippen LogP contribution is 2.14. The number of likely N-dealkylation sites (N-methyl/N-ethyl adjacent to an activating group) is 1. The molecule has 0 aliphatic carbocycles. The van der Waals surface area contributed by atoms with Crippen molar-refractivity contribution < 1.29 is 8.42 Å². The number of piperazine rings is 1. The topological polar surface area (TPSA) is 66.6 Å². The fourth-order valence-corrected chi connectivity index (χ4v) is 3.20. The van der Waals surface area contributed by atoms with Crippen LogP contribution in [0.1, 0.15) is 13.3 Å². The molecule has 0 aromatic rings. The Bertz CT molecular complexity index is 292. The fraction of sp³-hybridized carbons (Fsp3) is 1.00. The van der Waals surface area contributed by atoms with Crippen molar-refractivity contribution in [3.8, 4) is 0 Å². The van der Waals surface area contributed by atoms with Crippen molar-refractivity contribution in [3.05, 3.63) is 0 Å². The van der Waals surface area contributed by atoms with Gasteiger partial charge in [-0.05, 0) is 13.5 Å². The summed E-state index contributed by atoms with van der Waals surface area (Å²) in [5, 5.41) is 0. The Kier molecular flexibility index (Phi) is 4.51. The summed E-state index contributed by atoms with van der Waals surface area (Å²) in [5.41, 5.74) is 5.30. The largest absolute Gasteiger partial charge is 0.329 e. The monoisotopic (exact) mass is 235 g/mol. The third-order valence-corrected chi connectivity index (χ3v) is 4.85. The Morgan fingerprint density at radius 3 is 2.60 bits per heavy atom. The summed E-state index contributed by atoms with van der Waals surface area (Å²) < 4.78 is 25.1. The van der Waals surface area contributed by atoms with Gasteiger partial charge in [0, 0.05) is 32.2 Å². The average molecular weight is 235 g/mol. The molecule has 0 aromatic carbocycles. The molecule has 6 heteroatoms. The molecule has 15 heavy (non-hydrogen) atoms. The first kappa shape index (κ1) is 12.9. The highest BCUT2D eigenvalue weighted by Gasteiger charge is 2.29. The van der Waals surface area contributed by atoms with Gasteiger partial charge < -0.3 is 10.6 Å². The van der Waals surface area contributed by atoms with E-state index < -0.39 is 10.0 Å². The van der Waals surface area contributed by atoms with Gasteiger partial charge in [-0.25, -0.2) is 8.42 Å². The zero-order valence-electron chi connectivity index (χ0n) is 9.52. The molecule has 90 valence electrons. The van der Waals surface area contributed by atoms with Crippen LogP contribution in [0.15, 0.2) is 0 Å². The van der Waals surface area contributed by atoms with Crippen molar-refractivity contribution in [3.63, 3.8) is 0 Å². The van der Waals surface area contributed by atoms with Gasteiger partial charge in [0.05, 0.1) is 5.75 Å². The molecule has 2 N–H and O–H groups in total. The van der Waals surface area contributed by atoms with E-state index in [1.54, 1.807) is 4.31 Å². The van der Waals surface area contributed by atoms with Crippen molar-refractivity contribution in [1.29, 1.82) is 0 Å². The summed E-state index contributed by atoms with van der Waals surface area (Å²) in [5.74, 6) is 0.0626. The van der Waals surface area contributed by atoms with Gasteiger partial charge in [-0.1, -0.05) is 6.92 Å². The number of nitrogens with two attached hydrogens (primary N) is 1. The Morgan fingerprint density at radius 1 is 1.40 bits per heavy atom. The Morgan fingerprint density at radius 2 is 2.07 bits per heavy atom. The third-order valence-electron chi connectivity index (χ3n) is 2.98. The minimum atomic E-state index is -3.12. The van der Waals surface area contributed by atoms with Crippen molar-refractivity contribution in [2.75, 3.05) is 39.0 Å². The molecule has 0 aromatic heterocycles. The number of sulfonamides is 1. The van der Waals surface area contributed by atoms with Gasteiger partial charge in [-0.15, -0.1) is 0 Å². The van der Waals surface area contributed by atoms with Crippen LogP contribution in [0.25, 0.3) is 0 Å². The summed E-state index contributed by atoms with van der Waals surface area (Å²) in [6.45, 7) is 4.29. The quantitative estimate of drug-likeness (QED) is 0.700. The lowest BCUT2D eigenvalue weighted by Crippen LogP contribution is -2.53. The summed E-state index contributed by atoms with van der Waals surface area (Å²) in [6, 6.07) is 0.339. The molecule has 0 spiro atoms. The number of hydrogen-bond acceptors (Lipinski definition) is 4. The van der Waals surface area contributed by atoms with E-state index in [4.69, 9.17) is 5.73 Å². The first-order valence-electron chi connectivity index (χ1n) is 5.39. The van der Waals surface area contributed by atoms with Crippen LogP contribution in [0, 0.1) is 0 Å². The van der Waals surface area contributed by atoms with E-state index in [2.05, 4.69) is 11.8 Å². The molecule has 1 fully saturated rings. The maximum atomic E-state index is 11.8. The third kappa shape index (κ3) is 3.14. The fourth-order valence-electron chi connectivity index (χ4n) is 1.89. The van der Waals surface area contributed by atoms with Crippen molar-refractivity contribution in [2.24, 2.45) is 5.73 Å². The van der Waals surface area contributed by atoms with E-state index in [0.717, 1.165) is 13.0 Å². The smallest absolute Gasteiger partial charge is 0.215 e. The zero-order valence-corrected chi connectivity index (χ0v) is 10.3. The van der Waals surface area contributed by atoms with Gasteiger partial charge in [0.15, 0.2) is 0 Å². The molecule has 1 rings (SSSR count). The Hall–Kier alpha value is -0.170. The van der Waals surface area contributed by atoms with Gasteiger partial charge in [0.2, 0.25) is 10.0 Å². The number of hydrogen-bond donors (Lipinski definition) is 1. The van der Waals surface area contributed by atoms with Crippen LogP contribution < -0.4 is 5.73 Å². The lowest BCUT2D eigenvalue weighted by atomic mass is 10.1. The van der Waals surface area contributed by atoms with Crippen LogP contribution in [-0.2, 0) is 10.0 Å². The van der Waals surface area contributed by atoms with Crippen molar-refractivity contribution in [2.45, 2.75) is 19.4 Å². The lowest BCUT2D eigenvalue weighted by Gasteiger charge is -2.38. The molecule has 1 heterocycles. The molecule has 1 aliphatic heterocycles. The van der Waals surface area contributed by atoms with E-state index in [1.807, 2.05) is 7.05 Å². The minimum Gasteiger partial charge on any atom is -0.329 e. The molecule has 1 unspecified atom stereocenters. The summed E-state index contributed by atoms with van der Waals surface area (Å²) in [6.07, 6.45) is 0.977. The Labute approximate surface area is 92.3 Å². The first-order valence-corrected chi connectivity index (χ1v) is 7.00. The molecule has 5 nitrogen and oxygen atoms in total. The normalized spacial score (nSPS) is 25.7. The summed E-state index contributed by atoms with van der Waals surface area (Å²) in [7, 11) is -1.08. The molecule has 1 aliphatic rings. The van der Waals surface area contributed by atoms with Crippen LogP contribution in [-0.4, -0.2) is 62.6 Å². The minimum absolute atomic E-state index is 0.0626. The van der Waals surface area contributed by atoms with E-state index >= 15 is 0 Å². The second kappa shape index (κ2) is 5.25. The van der Waals surface area contributed by atoms with Gasteiger partial charge >= 0.3 is 0 Å². The number of rotatable bonds is 4. The van der Waals surface area contributed by atoms with E-state index in [0.29, 0.717) is 19.1 Å². The molecule has 1 saturated heterocycles. The molecule has 0 bridgehead atoms. The lowest BCUT2D eigenvalue weighted by molar-refractivity contribution is 0.144. The first-order chi connectivity index (χ1) is 7.01. The standard InChI is InChI=1S/C9H21N3O2S/c1-3-9-8-12(6-5-11(9)2)15(13,14)7-4-10/h9H,3-8,10H2,1-2H3. The second-order valence-electron chi connectivity index (χ2n) is 4.01. The maximum absolute atomic E-state index is 11.8. The van der Waals surface area contributed by atoms with Crippen LogP contribution in [0.2, 0.25) is 0 Å². The number of nitrogens with zero attached hydrogens (tertiary/aromatic N) is 2. The summed E-state index contributed by atoms with van der Waals surface area (Å²) in [4.78, 5) is 2.22. The zero-order chi connectivity index (χ0) is 11.5. The SMILES string of the molecule is CCC1CN(S(=O)(=O)CCN)CCN1C. The van der Waals surface area contributed by atoms with Crippen molar-refractivity contribution >= 4 is 10.0 Å². The molecular formula is C9H21N3O2S. The molecule has 1 atom stereocenters. The average Bonchev–Trinajstić information content (AvgIpc) is 2.18. The van der Waals surface area contributed by atoms with Gasteiger partial charge in [-0.2, -0.15) is 4.31 Å². The molecule has 0 saturated carbocycles. The highest BCUT2D eigenvalue weighted by molar-refractivity contribution is 7.89. The Balaban J connectivity index is 2.66. The van der Waals surface area contributed by atoms with E-state index in [1.165, 1.54) is 0 Å². The van der Waals surface area contributed by atoms with Gasteiger partial charge in [-0.3, -0.25) is 0 Å². The van der Waals surface area contributed by atoms with E-state index in [9.17, 15) is 8.42 Å². The van der Waals surface area contributed by atoms with Crippen molar-refractivity contribution in [1.82, 2.24) is 9.21 Å². The van der Waals surface area contributed by atoms with Crippen LogP contribution in [0.5, 0.6) is 0 Å². The molecule has 0 radical (unpaired) electrons. The summed E-state index contributed by atoms with van der Waals surface area (Å²) >= 11 is 0.